The van der Waals surface area contributed by atoms with Gasteiger partial charge in [0.2, 0.25) is 5.78 Å². The van der Waals surface area contributed by atoms with Gasteiger partial charge in [0.05, 0.1) is 4.92 Å². The number of thiazole rings is 1. The Morgan fingerprint density at radius 1 is 1.38 bits per heavy atom. The van der Waals surface area contributed by atoms with Crippen molar-refractivity contribution in [3.8, 4) is 10.9 Å². The lowest BCUT2D eigenvalue weighted by atomic mass is 10.1. The largest absolute Gasteiger partial charge is 0.478 e. The van der Waals surface area contributed by atoms with Crippen LogP contribution in [0.15, 0.2) is 35.8 Å². The van der Waals surface area contributed by atoms with E-state index in [4.69, 9.17) is 16.3 Å². The standard InChI is InChI=1S/C17H14ClN3O4S/c1-10-7-13(11(2)20(10)17-19-5-6-26-17)15(22)9-25-16-4-3-12(18)8-14(16)21(23)24/h3-8H,9H2,1-2H3. The second-order valence-corrected chi connectivity index (χ2v) is 6.83. The van der Waals surface area contributed by atoms with Crippen LogP contribution in [0.25, 0.3) is 5.13 Å². The van der Waals surface area contributed by atoms with Gasteiger partial charge in [-0.25, -0.2) is 4.98 Å². The summed E-state index contributed by atoms with van der Waals surface area (Å²) < 4.78 is 7.28. The van der Waals surface area contributed by atoms with Gasteiger partial charge in [0.25, 0.3) is 0 Å². The quantitative estimate of drug-likeness (QED) is 0.353. The zero-order valence-electron chi connectivity index (χ0n) is 13.9. The summed E-state index contributed by atoms with van der Waals surface area (Å²) in [5.41, 5.74) is 1.84. The third-order valence-electron chi connectivity index (χ3n) is 3.82. The van der Waals surface area contributed by atoms with Crippen LogP contribution in [-0.4, -0.2) is 26.9 Å². The number of halogens is 1. The van der Waals surface area contributed by atoms with E-state index in [9.17, 15) is 14.9 Å². The van der Waals surface area contributed by atoms with Crippen molar-refractivity contribution >= 4 is 34.4 Å². The Morgan fingerprint density at radius 2 is 2.15 bits per heavy atom. The highest BCUT2D eigenvalue weighted by Crippen LogP contribution is 2.30. The molecule has 0 aliphatic carbocycles. The first-order chi connectivity index (χ1) is 12.4. The molecule has 0 bridgehead atoms. The lowest BCUT2D eigenvalue weighted by Gasteiger charge is -2.07. The first kappa shape index (κ1) is 18.1. The number of aromatic nitrogens is 2. The van der Waals surface area contributed by atoms with Gasteiger partial charge in [0, 0.05) is 39.6 Å². The number of hydrogen-bond acceptors (Lipinski definition) is 6. The fourth-order valence-corrected chi connectivity index (χ4v) is 3.56. The SMILES string of the molecule is Cc1cc(C(=O)COc2ccc(Cl)cc2[N+](=O)[O-])c(C)n1-c1nccs1. The summed E-state index contributed by atoms with van der Waals surface area (Å²) in [6.45, 7) is 3.40. The fraction of sp³-hybridized carbons (Fsp3) is 0.176. The molecule has 0 radical (unpaired) electrons. The van der Waals surface area contributed by atoms with E-state index in [1.807, 2.05) is 23.8 Å². The molecule has 9 heteroatoms. The van der Waals surface area contributed by atoms with Gasteiger partial charge in [0.1, 0.15) is 0 Å². The summed E-state index contributed by atoms with van der Waals surface area (Å²) in [7, 11) is 0. The number of ether oxygens (including phenoxy) is 1. The Hall–Kier alpha value is -2.71. The number of nitro groups is 1. The third-order valence-corrected chi connectivity index (χ3v) is 4.81. The van der Waals surface area contributed by atoms with Crippen LogP contribution >= 0.6 is 22.9 Å². The average molecular weight is 392 g/mol. The highest BCUT2D eigenvalue weighted by Gasteiger charge is 2.21. The molecular formula is C17H14ClN3O4S. The number of nitro benzene ring substituents is 1. The molecule has 3 aromatic rings. The lowest BCUT2D eigenvalue weighted by Crippen LogP contribution is -2.13. The number of nitrogens with zero attached hydrogens (tertiary/aromatic N) is 3. The van der Waals surface area contributed by atoms with Crippen molar-refractivity contribution in [2.45, 2.75) is 13.8 Å². The van der Waals surface area contributed by atoms with Crippen LogP contribution in [0.4, 0.5) is 5.69 Å². The molecule has 0 unspecified atom stereocenters. The number of aryl methyl sites for hydroxylation is 1. The summed E-state index contributed by atoms with van der Waals surface area (Å²) >= 11 is 7.24. The molecule has 7 nitrogen and oxygen atoms in total. The second-order valence-electron chi connectivity index (χ2n) is 5.52. The highest BCUT2D eigenvalue weighted by molar-refractivity contribution is 7.12. The number of hydrogen-bond donors (Lipinski definition) is 0. The van der Waals surface area contributed by atoms with Gasteiger partial charge in [-0.1, -0.05) is 11.6 Å². The Bertz CT molecular complexity index is 982. The molecule has 3 rings (SSSR count). The van der Waals surface area contributed by atoms with Gasteiger partial charge in [-0.15, -0.1) is 11.3 Å². The third kappa shape index (κ3) is 3.47. The number of carbonyl (C=O) groups is 1. The summed E-state index contributed by atoms with van der Waals surface area (Å²) in [6.07, 6.45) is 1.70. The van der Waals surface area contributed by atoms with E-state index in [1.165, 1.54) is 29.5 Å². The van der Waals surface area contributed by atoms with E-state index in [0.29, 0.717) is 5.56 Å². The molecular weight excluding hydrogens is 378 g/mol. The van der Waals surface area contributed by atoms with Gasteiger partial charge in [-0.2, -0.15) is 0 Å². The van der Waals surface area contributed by atoms with Gasteiger partial charge < -0.3 is 4.74 Å². The first-order valence-electron chi connectivity index (χ1n) is 7.57. The van der Waals surface area contributed by atoms with Gasteiger partial charge >= 0.3 is 5.69 Å². The molecule has 0 aliphatic heterocycles. The Kier molecular flexibility index (Phi) is 5.06. The summed E-state index contributed by atoms with van der Waals surface area (Å²) in [4.78, 5) is 27.3. The molecule has 0 saturated heterocycles. The van der Waals surface area contributed by atoms with Crippen LogP contribution < -0.4 is 4.74 Å². The maximum atomic E-state index is 12.6. The maximum absolute atomic E-state index is 12.6. The number of carbonyl (C=O) groups excluding carboxylic acids is 1. The van der Waals surface area contributed by atoms with E-state index in [1.54, 1.807) is 12.3 Å². The molecule has 0 fully saturated rings. The van der Waals surface area contributed by atoms with Crippen molar-refractivity contribution in [3.05, 3.63) is 67.9 Å². The second kappa shape index (κ2) is 7.27. The molecule has 0 aliphatic rings. The average Bonchev–Trinajstić information content (AvgIpc) is 3.21. The van der Waals surface area contributed by atoms with Crippen LogP contribution in [0.3, 0.4) is 0 Å². The number of ketones is 1. The van der Waals surface area contributed by atoms with Crippen molar-refractivity contribution in [2.75, 3.05) is 6.61 Å². The van der Waals surface area contributed by atoms with E-state index in [2.05, 4.69) is 4.98 Å². The first-order valence-corrected chi connectivity index (χ1v) is 8.83. The lowest BCUT2D eigenvalue weighted by molar-refractivity contribution is -0.385. The van der Waals surface area contributed by atoms with E-state index >= 15 is 0 Å². The van der Waals surface area contributed by atoms with Gasteiger partial charge in [-0.05, 0) is 32.0 Å². The minimum atomic E-state index is -0.597. The molecule has 2 aromatic heterocycles. The van der Waals surface area contributed by atoms with E-state index in [0.717, 1.165) is 16.5 Å². The smallest absolute Gasteiger partial charge is 0.312 e. The van der Waals surface area contributed by atoms with Crippen LogP contribution in [0.5, 0.6) is 5.75 Å². The van der Waals surface area contributed by atoms with Crippen LogP contribution in [0.1, 0.15) is 21.7 Å². The van der Waals surface area contributed by atoms with Gasteiger partial charge in [0.15, 0.2) is 17.5 Å². The van der Waals surface area contributed by atoms with E-state index < -0.39 is 4.92 Å². The summed E-state index contributed by atoms with van der Waals surface area (Å²) in [6, 6.07) is 5.81. The molecule has 2 heterocycles. The van der Waals surface area contributed by atoms with Crippen molar-refractivity contribution in [2.24, 2.45) is 0 Å². The zero-order valence-corrected chi connectivity index (χ0v) is 15.5. The molecule has 0 spiro atoms. The topological polar surface area (TPSA) is 87.3 Å². The minimum absolute atomic E-state index is 0.00137. The molecule has 0 N–H and O–H groups in total. The molecule has 26 heavy (non-hydrogen) atoms. The van der Waals surface area contributed by atoms with Crippen molar-refractivity contribution in [1.82, 2.24) is 9.55 Å². The number of Topliss-reactive ketones (excluding diaryl/α,β-unsaturated/α-hetero) is 1. The van der Waals surface area contributed by atoms with Gasteiger partial charge in [-0.3, -0.25) is 19.5 Å². The predicted molar refractivity (Wildman–Crippen MR) is 98.8 cm³/mol. The molecule has 1 aromatic carbocycles. The Labute approximate surface area is 158 Å². The molecule has 0 saturated carbocycles. The predicted octanol–water partition coefficient (Wildman–Crippen LogP) is 4.37. The monoisotopic (exact) mass is 391 g/mol. The Balaban J connectivity index is 1.82. The zero-order chi connectivity index (χ0) is 18.8. The highest BCUT2D eigenvalue weighted by atomic mass is 35.5. The van der Waals surface area contributed by atoms with Crippen molar-refractivity contribution in [1.29, 1.82) is 0 Å². The molecule has 0 amide bonds. The van der Waals surface area contributed by atoms with Crippen molar-refractivity contribution < 1.29 is 14.5 Å². The number of rotatable bonds is 6. The molecule has 0 atom stereocenters. The Morgan fingerprint density at radius 3 is 2.81 bits per heavy atom. The minimum Gasteiger partial charge on any atom is -0.478 e. The van der Waals surface area contributed by atoms with Crippen LogP contribution in [0.2, 0.25) is 5.02 Å². The number of benzene rings is 1. The molecule has 134 valence electrons. The summed E-state index contributed by atoms with van der Waals surface area (Å²) in [5, 5.41) is 14.0. The summed E-state index contributed by atoms with van der Waals surface area (Å²) in [5.74, 6) is -0.272. The maximum Gasteiger partial charge on any atom is 0.312 e. The van der Waals surface area contributed by atoms with Crippen LogP contribution in [-0.2, 0) is 0 Å². The van der Waals surface area contributed by atoms with Crippen molar-refractivity contribution in [3.63, 3.8) is 0 Å². The fourth-order valence-electron chi connectivity index (χ4n) is 2.64. The normalized spacial score (nSPS) is 10.7. The van der Waals surface area contributed by atoms with E-state index in [-0.39, 0.29) is 28.8 Å². The van der Waals surface area contributed by atoms with Crippen LogP contribution in [0, 0.1) is 24.0 Å².